The maximum Gasteiger partial charge on any atom is 0.244 e. The van der Waals surface area contributed by atoms with Crippen molar-refractivity contribution in [1.82, 2.24) is 4.98 Å². The van der Waals surface area contributed by atoms with Crippen molar-refractivity contribution in [2.75, 3.05) is 11.4 Å². The van der Waals surface area contributed by atoms with Gasteiger partial charge in [0.15, 0.2) is 5.69 Å². The molecule has 2 heterocycles. The molecule has 1 amide bonds. The monoisotopic (exact) mass is 222 g/mol. The minimum Gasteiger partial charge on any atom is -0.275 e. The van der Waals surface area contributed by atoms with Crippen LogP contribution in [-0.2, 0) is 11.2 Å². The Morgan fingerprint density at radius 2 is 2.12 bits per heavy atom. The molecule has 4 heteroatoms. The summed E-state index contributed by atoms with van der Waals surface area (Å²) in [4.78, 5) is 17.1. The fraction of sp³-hybridized carbons (Fsp3) is 0.667. The molecule has 0 atom stereocenters. The highest BCUT2D eigenvalue weighted by molar-refractivity contribution is 5.95. The molecule has 0 unspecified atom stereocenters. The highest BCUT2D eigenvalue weighted by Crippen LogP contribution is 2.25. The summed E-state index contributed by atoms with van der Waals surface area (Å²) in [7, 11) is 0. The Hall–Kier alpha value is -1.32. The molecule has 4 nitrogen and oxygen atoms in total. The van der Waals surface area contributed by atoms with Gasteiger partial charge in [0, 0.05) is 18.9 Å². The van der Waals surface area contributed by atoms with Crippen LogP contribution < -0.4 is 9.47 Å². The van der Waals surface area contributed by atoms with Crippen LogP contribution in [0.1, 0.15) is 39.4 Å². The summed E-state index contributed by atoms with van der Waals surface area (Å²) >= 11 is 0. The molecule has 0 aliphatic carbocycles. The Kier molecular flexibility index (Phi) is 2.74. The fourth-order valence-corrected chi connectivity index (χ4v) is 2.22. The van der Waals surface area contributed by atoms with Gasteiger partial charge >= 0.3 is 0 Å². The lowest BCUT2D eigenvalue weighted by molar-refractivity contribution is -0.720. The number of rotatable bonds is 2. The van der Waals surface area contributed by atoms with Gasteiger partial charge in [0.2, 0.25) is 18.1 Å². The summed E-state index contributed by atoms with van der Waals surface area (Å²) in [6.07, 6.45) is 2.92. The molecule has 1 aliphatic heterocycles. The Morgan fingerprint density at radius 1 is 1.44 bits per heavy atom. The van der Waals surface area contributed by atoms with Gasteiger partial charge in [-0.2, -0.15) is 0 Å². The van der Waals surface area contributed by atoms with Gasteiger partial charge in [0.25, 0.3) is 0 Å². The minimum atomic E-state index is 0.0572. The predicted octanol–water partition coefficient (Wildman–Crippen LogP) is 1.43. The normalized spacial score (nSPS) is 15.0. The zero-order valence-corrected chi connectivity index (χ0v) is 10.4. The summed E-state index contributed by atoms with van der Waals surface area (Å²) in [5, 5.41) is 0. The predicted molar refractivity (Wildman–Crippen MR) is 62.3 cm³/mol. The first-order valence-corrected chi connectivity index (χ1v) is 5.95. The molecule has 1 aliphatic rings. The van der Waals surface area contributed by atoms with Crippen LogP contribution in [0.4, 0.5) is 5.82 Å². The minimum absolute atomic E-state index is 0.0572. The quantitative estimate of drug-likeness (QED) is 0.755. The number of hydrogen-bond acceptors (Lipinski definition) is 1. The molecular formula is C12H20N3O+. The number of imidazole rings is 1. The molecule has 88 valence electrons. The molecular weight excluding hydrogens is 202 g/mol. The number of H-pyrrole nitrogens is 1. The lowest BCUT2D eigenvalue weighted by Crippen LogP contribution is -2.37. The first kappa shape index (κ1) is 11.2. The van der Waals surface area contributed by atoms with Gasteiger partial charge in [-0.25, -0.2) is 9.55 Å². The molecule has 1 N–H and O–H groups in total. The Bertz CT molecular complexity index is 406. The smallest absolute Gasteiger partial charge is 0.244 e. The molecule has 0 aromatic carbocycles. The molecule has 0 saturated carbocycles. The van der Waals surface area contributed by atoms with Crippen LogP contribution >= 0.6 is 0 Å². The summed E-state index contributed by atoms with van der Waals surface area (Å²) in [5.41, 5.74) is 1.25. The molecule has 0 fully saturated rings. The zero-order valence-electron chi connectivity index (χ0n) is 10.4. The van der Waals surface area contributed by atoms with Gasteiger partial charge in [0.1, 0.15) is 0 Å². The number of aromatic amines is 1. The number of nitrogens with zero attached hydrogens (tertiary/aromatic N) is 2. The molecule has 0 spiro atoms. The van der Waals surface area contributed by atoms with Crippen molar-refractivity contribution < 1.29 is 9.36 Å². The third kappa shape index (κ3) is 1.62. The van der Waals surface area contributed by atoms with Crippen LogP contribution in [0.2, 0.25) is 0 Å². The molecule has 0 bridgehead atoms. The highest BCUT2D eigenvalue weighted by atomic mass is 16.2. The van der Waals surface area contributed by atoms with E-state index in [1.165, 1.54) is 5.69 Å². The second-order valence-electron chi connectivity index (χ2n) is 4.96. The number of aromatic nitrogens is 2. The SMILES string of the molecule is CC(C)C(=O)N1CCc2c1[nH]c[n+]2C(C)C. The summed E-state index contributed by atoms with van der Waals surface area (Å²) in [6.45, 7) is 9.01. The maximum atomic E-state index is 12.0. The Morgan fingerprint density at radius 3 is 2.69 bits per heavy atom. The first-order chi connectivity index (χ1) is 7.52. The second kappa shape index (κ2) is 3.92. The second-order valence-corrected chi connectivity index (χ2v) is 4.96. The third-order valence-electron chi connectivity index (χ3n) is 3.08. The molecule has 16 heavy (non-hydrogen) atoms. The van der Waals surface area contributed by atoms with Gasteiger partial charge in [-0.3, -0.25) is 9.69 Å². The number of carbonyl (C=O) groups excluding carboxylic acids is 1. The van der Waals surface area contributed by atoms with Gasteiger partial charge in [-0.15, -0.1) is 0 Å². The summed E-state index contributed by atoms with van der Waals surface area (Å²) in [5.74, 6) is 1.26. The van der Waals surface area contributed by atoms with Gasteiger partial charge in [-0.1, -0.05) is 13.8 Å². The number of hydrogen-bond donors (Lipinski definition) is 1. The number of fused-ring (bicyclic) bond motifs is 1. The standard InChI is InChI=1S/C12H19N3O/c1-8(2)12(16)14-6-5-10-11(14)13-7-15(10)9(3)4/h7-9H,5-6H2,1-4H3/p+1. The van der Waals surface area contributed by atoms with E-state index in [0.717, 1.165) is 18.8 Å². The number of nitrogens with one attached hydrogen (secondary N) is 1. The van der Waals surface area contributed by atoms with E-state index in [4.69, 9.17) is 0 Å². The van der Waals surface area contributed by atoms with E-state index < -0.39 is 0 Å². The van der Waals surface area contributed by atoms with Gasteiger partial charge in [-0.05, 0) is 13.8 Å². The van der Waals surface area contributed by atoms with Crippen LogP contribution in [0, 0.1) is 5.92 Å². The molecule has 0 radical (unpaired) electrons. The van der Waals surface area contributed by atoms with Crippen molar-refractivity contribution in [3.05, 3.63) is 12.0 Å². The van der Waals surface area contributed by atoms with Crippen molar-refractivity contribution in [3.63, 3.8) is 0 Å². The lowest BCUT2D eigenvalue weighted by atomic mass is 10.2. The maximum absolute atomic E-state index is 12.0. The number of amides is 1. The average Bonchev–Trinajstić information content (AvgIpc) is 2.74. The van der Waals surface area contributed by atoms with Crippen molar-refractivity contribution >= 4 is 11.7 Å². The van der Waals surface area contributed by atoms with E-state index in [1.54, 1.807) is 0 Å². The summed E-state index contributed by atoms with van der Waals surface area (Å²) in [6, 6.07) is 0.439. The third-order valence-corrected chi connectivity index (χ3v) is 3.08. The Balaban J connectivity index is 2.31. The van der Waals surface area contributed by atoms with Crippen LogP contribution in [0.15, 0.2) is 6.33 Å². The average molecular weight is 222 g/mol. The van der Waals surface area contributed by atoms with Crippen molar-refractivity contribution in [2.24, 2.45) is 5.92 Å². The van der Waals surface area contributed by atoms with Crippen molar-refractivity contribution in [3.8, 4) is 0 Å². The number of anilines is 1. The van der Waals surface area contributed by atoms with E-state index in [2.05, 4.69) is 23.4 Å². The largest absolute Gasteiger partial charge is 0.275 e. The molecule has 2 rings (SSSR count). The van der Waals surface area contributed by atoms with Crippen molar-refractivity contribution in [1.29, 1.82) is 0 Å². The lowest BCUT2D eigenvalue weighted by Gasteiger charge is -2.15. The van der Waals surface area contributed by atoms with E-state index in [9.17, 15) is 4.79 Å². The van der Waals surface area contributed by atoms with Crippen LogP contribution in [0.5, 0.6) is 0 Å². The van der Waals surface area contributed by atoms with E-state index in [1.807, 2.05) is 25.1 Å². The van der Waals surface area contributed by atoms with E-state index in [0.29, 0.717) is 6.04 Å². The topological polar surface area (TPSA) is 40.0 Å². The van der Waals surface area contributed by atoms with Crippen LogP contribution in [-0.4, -0.2) is 17.4 Å². The highest BCUT2D eigenvalue weighted by Gasteiger charge is 2.35. The zero-order chi connectivity index (χ0) is 11.9. The van der Waals surface area contributed by atoms with Gasteiger partial charge in [0.05, 0.1) is 6.04 Å². The van der Waals surface area contributed by atoms with Crippen molar-refractivity contribution in [2.45, 2.75) is 40.2 Å². The fourth-order valence-electron chi connectivity index (χ4n) is 2.22. The van der Waals surface area contributed by atoms with E-state index >= 15 is 0 Å². The Labute approximate surface area is 96.3 Å². The molecule has 1 aromatic heterocycles. The molecule has 0 saturated heterocycles. The van der Waals surface area contributed by atoms with E-state index in [-0.39, 0.29) is 11.8 Å². The van der Waals surface area contributed by atoms with Crippen LogP contribution in [0.25, 0.3) is 0 Å². The molecule has 1 aromatic rings. The number of carbonyl (C=O) groups is 1. The summed E-state index contributed by atoms with van der Waals surface area (Å²) < 4.78 is 2.21. The first-order valence-electron chi connectivity index (χ1n) is 5.95. The van der Waals surface area contributed by atoms with Crippen LogP contribution in [0.3, 0.4) is 0 Å². The van der Waals surface area contributed by atoms with Gasteiger partial charge < -0.3 is 0 Å².